The summed E-state index contributed by atoms with van der Waals surface area (Å²) in [6.45, 7) is 7.55. The van der Waals surface area contributed by atoms with Crippen molar-refractivity contribution in [2.24, 2.45) is 0 Å². The Hall–Kier alpha value is -1.11. The third-order valence-corrected chi connectivity index (χ3v) is 4.07. The summed E-state index contributed by atoms with van der Waals surface area (Å²) in [7, 11) is 0. The molecule has 118 valence electrons. The van der Waals surface area contributed by atoms with Crippen molar-refractivity contribution in [1.29, 1.82) is 0 Å². The molecule has 0 aliphatic carbocycles. The second kappa shape index (κ2) is 7.24. The van der Waals surface area contributed by atoms with E-state index >= 15 is 0 Å². The van der Waals surface area contributed by atoms with E-state index in [2.05, 4.69) is 9.88 Å². The van der Waals surface area contributed by atoms with Crippen LogP contribution in [0.5, 0.6) is 0 Å². The molecule has 7 heteroatoms. The van der Waals surface area contributed by atoms with E-state index in [0.29, 0.717) is 31.7 Å². The van der Waals surface area contributed by atoms with Gasteiger partial charge in [0.25, 0.3) is 5.56 Å². The predicted octanol–water partition coefficient (Wildman–Crippen LogP) is 1.04. The molecular formula is C14H22ClN3O3. The van der Waals surface area contributed by atoms with E-state index in [0.717, 1.165) is 19.5 Å². The fraction of sp³-hybridized carbons (Fsp3) is 0.714. The molecule has 1 unspecified atom stereocenters. The van der Waals surface area contributed by atoms with Gasteiger partial charge in [0.15, 0.2) is 0 Å². The van der Waals surface area contributed by atoms with Gasteiger partial charge >= 0.3 is 5.69 Å². The van der Waals surface area contributed by atoms with Gasteiger partial charge in [-0.15, -0.1) is 0 Å². The quantitative estimate of drug-likeness (QED) is 0.824. The van der Waals surface area contributed by atoms with E-state index < -0.39 is 5.69 Å². The number of rotatable bonds is 5. The van der Waals surface area contributed by atoms with Crippen LogP contribution < -0.4 is 11.2 Å². The van der Waals surface area contributed by atoms with Crippen molar-refractivity contribution in [2.75, 3.05) is 32.8 Å². The van der Waals surface area contributed by atoms with E-state index in [-0.39, 0.29) is 16.8 Å². The molecule has 0 saturated carbocycles. The molecule has 1 saturated heterocycles. The average molecular weight is 316 g/mol. The van der Waals surface area contributed by atoms with Crippen LogP contribution in [0.25, 0.3) is 0 Å². The maximum absolute atomic E-state index is 12.5. The third kappa shape index (κ3) is 3.75. The lowest BCUT2D eigenvalue weighted by Gasteiger charge is -2.29. The number of halogens is 1. The Bertz CT molecular complexity index is 590. The van der Waals surface area contributed by atoms with Crippen LogP contribution in [0.3, 0.4) is 0 Å². The standard InChI is InChI=1S/C14H22ClN3O3/c1-3-4-11-12(15)16-14(20)18(13(11)19)10(2)9-17-5-7-21-8-6-17/h10H,3-9H2,1-2H3,(H,16,20). The molecule has 6 nitrogen and oxygen atoms in total. The van der Waals surface area contributed by atoms with Crippen molar-refractivity contribution in [3.63, 3.8) is 0 Å². The van der Waals surface area contributed by atoms with Gasteiger partial charge in [0.2, 0.25) is 0 Å². The molecule has 1 fully saturated rings. The summed E-state index contributed by atoms with van der Waals surface area (Å²) in [5.74, 6) is 0. The number of aromatic nitrogens is 2. The molecule has 2 rings (SSSR count). The molecule has 1 aromatic heterocycles. The highest BCUT2D eigenvalue weighted by Crippen LogP contribution is 2.11. The number of ether oxygens (including phenoxy) is 1. The largest absolute Gasteiger partial charge is 0.379 e. The molecule has 0 radical (unpaired) electrons. The topological polar surface area (TPSA) is 67.3 Å². The first kappa shape index (κ1) is 16.3. The van der Waals surface area contributed by atoms with Crippen molar-refractivity contribution < 1.29 is 4.74 Å². The lowest BCUT2D eigenvalue weighted by Crippen LogP contribution is -2.45. The van der Waals surface area contributed by atoms with Crippen molar-refractivity contribution in [1.82, 2.24) is 14.5 Å². The second-order valence-corrected chi connectivity index (χ2v) is 5.79. The van der Waals surface area contributed by atoms with Crippen LogP contribution in [0.1, 0.15) is 31.9 Å². The minimum Gasteiger partial charge on any atom is -0.379 e. The Kier molecular flexibility index (Phi) is 5.61. The molecule has 21 heavy (non-hydrogen) atoms. The highest BCUT2D eigenvalue weighted by atomic mass is 35.5. The predicted molar refractivity (Wildman–Crippen MR) is 82.3 cm³/mol. The SMILES string of the molecule is CCCc1c(Cl)[nH]c(=O)n(C(C)CN2CCOCC2)c1=O. The Balaban J connectivity index is 2.27. The maximum atomic E-state index is 12.5. The summed E-state index contributed by atoms with van der Waals surface area (Å²) in [5, 5.41) is 0.168. The zero-order valence-corrected chi connectivity index (χ0v) is 13.3. The summed E-state index contributed by atoms with van der Waals surface area (Å²) >= 11 is 5.99. The molecule has 0 spiro atoms. The van der Waals surface area contributed by atoms with Crippen molar-refractivity contribution in [3.05, 3.63) is 31.6 Å². The van der Waals surface area contributed by atoms with Crippen LogP contribution >= 0.6 is 11.6 Å². The Morgan fingerprint density at radius 1 is 1.33 bits per heavy atom. The Morgan fingerprint density at radius 3 is 2.62 bits per heavy atom. The summed E-state index contributed by atoms with van der Waals surface area (Å²) < 4.78 is 6.59. The molecule has 1 aliphatic rings. The molecular weight excluding hydrogens is 294 g/mol. The van der Waals surface area contributed by atoms with Gasteiger partial charge in [-0.2, -0.15) is 0 Å². The van der Waals surface area contributed by atoms with Crippen molar-refractivity contribution in [3.8, 4) is 0 Å². The number of morpholine rings is 1. The van der Waals surface area contributed by atoms with E-state index in [1.54, 1.807) is 0 Å². The van der Waals surface area contributed by atoms with Crippen LogP contribution in [0.15, 0.2) is 9.59 Å². The van der Waals surface area contributed by atoms with Crippen LogP contribution in [0.4, 0.5) is 0 Å². The number of H-pyrrole nitrogens is 1. The van der Waals surface area contributed by atoms with Crippen LogP contribution in [-0.2, 0) is 11.2 Å². The number of nitrogens with zero attached hydrogens (tertiary/aromatic N) is 2. The molecule has 2 heterocycles. The Morgan fingerprint density at radius 2 is 2.00 bits per heavy atom. The highest BCUT2D eigenvalue weighted by Gasteiger charge is 2.20. The van der Waals surface area contributed by atoms with E-state index in [1.165, 1.54) is 4.57 Å². The first-order valence-corrected chi connectivity index (χ1v) is 7.75. The van der Waals surface area contributed by atoms with Gasteiger partial charge < -0.3 is 4.74 Å². The van der Waals surface area contributed by atoms with Gasteiger partial charge in [0, 0.05) is 19.6 Å². The molecule has 0 aromatic carbocycles. The molecule has 0 amide bonds. The van der Waals surface area contributed by atoms with Crippen LogP contribution in [0, 0.1) is 0 Å². The number of hydrogen-bond acceptors (Lipinski definition) is 4. The maximum Gasteiger partial charge on any atom is 0.329 e. The van der Waals surface area contributed by atoms with Crippen molar-refractivity contribution in [2.45, 2.75) is 32.7 Å². The minimum atomic E-state index is -0.439. The van der Waals surface area contributed by atoms with E-state index in [4.69, 9.17) is 16.3 Å². The van der Waals surface area contributed by atoms with Crippen LogP contribution in [0.2, 0.25) is 5.15 Å². The summed E-state index contributed by atoms with van der Waals surface area (Å²) in [4.78, 5) is 29.4. The minimum absolute atomic E-state index is 0.168. The average Bonchev–Trinajstić information content (AvgIpc) is 2.44. The number of aromatic amines is 1. The molecule has 0 bridgehead atoms. The van der Waals surface area contributed by atoms with Gasteiger partial charge in [0.1, 0.15) is 5.15 Å². The molecule has 1 atom stereocenters. The van der Waals surface area contributed by atoms with Gasteiger partial charge in [-0.1, -0.05) is 24.9 Å². The normalized spacial score (nSPS) is 17.9. The third-order valence-electron chi connectivity index (χ3n) is 3.74. The van der Waals surface area contributed by atoms with E-state index in [1.807, 2.05) is 13.8 Å². The molecule has 1 N–H and O–H groups in total. The van der Waals surface area contributed by atoms with E-state index in [9.17, 15) is 9.59 Å². The fourth-order valence-electron chi connectivity index (χ4n) is 2.67. The fourth-order valence-corrected chi connectivity index (χ4v) is 2.92. The van der Waals surface area contributed by atoms with Crippen LogP contribution in [-0.4, -0.2) is 47.3 Å². The van der Waals surface area contributed by atoms with Crippen molar-refractivity contribution >= 4 is 11.6 Å². The van der Waals surface area contributed by atoms with Gasteiger partial charge in [0.05, 0.1) is 24.8 Å². The molecule has 1 aromatic rings. The first-order chi connectivity index (χ1) is 10.0. The summed E-state index contributed by atoms with van der Waals surface area (Å²) in [5.41, 5.74) is -0.218. The highest BCUT2D eigenvalue weighted by molar-refractivity contribution is 6.30. The monoisotopic (exact) mass is 315 g/mol. The number of hydrogen-bond donors (Lipinski definition) is 1. The zero-order valence-electron chi connectivity index (χ0n) is 12.5. The second-order valence-electron chi connectivity index (χ2n) is 5.41. The van der Waals surface area contributed by atoms with Gasteiger partial charge in [-0.25, -0.2) is 4.79 Å². The zero-order chi connectivity index (χ0) is 15.4. The lowest BCUT2D eigenvalue weighted by atomic mass is 10.2. The Labute approximate surface area is 128 Å². The molecule has 1 aliphatic heterocycles. The van der Waals surface area contributed by atoms with Gasteiger partial charge in [-0.05, 0) is 13.3 Å². The smallest absolute Gasteiger partial charge is 0.329 e. The first-order valence-electron chi connectivity index (χ1n) is 7.37. The summed E-state index contributed by atoms with van der Waals surface area (Å²) in [6.07, 6.45) is 1.37. The number of nitrogens with one attached hydrogen (secondary N) is 1. The summed E-state index contributed by atoms with van der Waals surface area (Å²) in [6, 6.07) is -0.202. The lowest BCUT2D eigenvalue weighted by molar-refractivity contribution is 0.0321. The van der Waals surface area contributed by atoms with Gasteiger partial charge in [-0.3, -0.25) is 19.2 Å².